The average Bonchev–Trinajstić information content (AvgIpc) is 1.80. The summed E-state index contributed by atoms with van der Waals surface area (Å²) in [6.07, 6.45) is 2.44. The highest BCUT2D eigenvalue weighted by molar-refractivity contribution is 5.14. The first kappa shape index (κ1) is 13.7. The van der Waals surface area contributed by atoms with E-state index in [4.69, 9.17) is 0 Å². The van der Waals surface area contributed by atoms with Gasteiger partial charge in [0.25, 0.3) is 0 Å². The summed E-state index contributed by atoms with van der Waals surface area (Å²) in [6.45, 7) is 20.6. The predicted molar refractivity (Wildman–Crippen MR) is 66.4 cm³/mol. The van der Waals surface area contributed by atoms with Crippen LogP contribution in [0.5, 0.6) is 0 Å². The molecule has 0 aliphatic rings. The molecule has 0 atom stereocenters. The van der Waals surface area contributed by atoms with E-state index in [-0.39, 0.29) is 5.41 Å². The fraction of sp³-hybridized carbons (Fsp3) is 0.857. The first-order valence-corrected chi connectivity index (χ1v) is 5.58. The molecular weight excluding hydrogens is 168 g/mol. The fourth-order valence-electron chi connectivity index (χ4n) is 0.974. The second-order valence-corrected chi connectivity index (χ2v) is 7.05. The third kappa shape index (κ3) is 3.48. The standard InChI is InChI=1S/C14H28/c1-11(12(2,3)4)10-14(8,9)13(5,6)7/h10H,1-9H3/b11-10+. The lowest BCUT2D eigenvalue weighted by Crippen LogP contribution is -2.28. The van der Waals surface area contributed by atoms with Crippen molar-refractivity contribution in [3.63, 3.8) is 0 Å². The number of allylic oxidation sites excluding steroid dienone is 2. The van der Waals surface area contributed by atoms with E-state index in [1.54, 1.807) is 0 Å². The Kier molecular flexibility index (Phi) is 3.65. The molecule has 0 saturated carbocycles. The van der Waals surface area contributed by atoms with Crippen LogP contribution in [0.1, 0.15) is 62.3 Å². The summed E-state index contributed by atoms with van der Waals surface area (Å²) in [6, 6.07) is 0. The summed E-state index contributed by atoms with van der Waals surface area (Å²) in [4.78, 5) is 0. The summed E-state index contributed by atoms with van der Waals surface area (Å²) >= 11 is 0. The van der Waals surface area contributed by atoms with Crippen LogP contribution < -0.4 is 0 Å². The molecule has 0 bridgehead atoms. The number of rotatable bonds is 1. The Morgan fingerprint density at radius 3 is 1.36 bits per heavy atom. The molecular formula is C14H28. The van der Waals surface area contributed by atoms with E-state index in [1.807, 2.05) is 0 Å². The van der Waals surface area contributed by atoms with Crippen LogP contribution in [-0.4, -0.2) is 0 Å². The van der Waals surface area contributed by atoms with Gasteiger partial charge in [0.1, 0.15) is 0 Å². The molecule has 0 amide bonds. The van der Waals surface area contributed by atoms with Crippen LogP contribution in [0.15, 0.2) is 11.6 Å². The second kappa shape index (κ2) is 3.72. The minimum Gasteiger partial charge on any atom is -0.0789 e. The van der Waals surface area contributed by atoms with Crippen molar-refractivity contribution < 1.29 is 0 Å². The molecule has 0 aromatic rings. The number of hydrogen-bond donors (Lipinski definition) is 0. The molecule has 0 radical (unpaired) electrons. The molecule has 0 N–H and O–H groups in total. The van der Waals surface area contributed by atoms with E-state index in [0.29, 0.717) is 10.8 Å². The fourth-order valence-corrected chi connectivity index (χ4v) is 0.974. The molecule has 0 fully saturated rings. The van der Waals surface area contributed by atoms with E-state index >= 15 is 0 Å². The van der Waals surface area contributed by atoms with Crippen LogP contribution >= 0.6 is 0 Å². The second-order valence-electron chi connectivity index (χ2n) is 7.05. The third-order valence-corrected chi connectivity index (χ3v) is 3.69. The van der Waals surface area contributed by atoms with Crippen LogP contribution in [0.25, 0.3) is 0 Å². The largest absolute Gasteiger partial charge is 0.0789 e. The van der Waals surface area contributed by atoms with Gasteiger partial charge in [-0.1, -0.05) is 67.0 Å². The quantitative estimate of drug-likeness (QED) is 0.515. The van der Waals surface area contributed by atoms with Gasteiger partial charge < -0.3 is 0 Å². The summed E-state index contributed by atoms with van der Waals surface area (Å²) in [5.74, 6) is 0. The van der Waals surface area contributed by atoms with Gasteiger partial charge in [-0.25, -0.2) is 0 Å². The molecule has 0 spiro atoms. The van der Waals surface area contributed by atoms with Gasteiger partial charge in [0.2, 0.25) is 0 Å². The molecule has 0 aromatic carbocycles. The monoisotopic (exact) mass is 196 g/mol. The van der Waals surface area contributed by atoms with E-state index in [9.17, 15) is 0 Å². The maximum absolute atomic E-state index is 2.44. The molecule has 0 aliphatic carbocycles. The Labute approximate surface area is 90.8 Å². The topological polar surface area (TPSA) is 0 Å². The van der Waals surface area contributed by atoms with E-state index in [0.717, 1.165) is 0 Å². The highest BCUT2D eigenvalue weighted by Crippen LogP contribution is 2.41. The molecule has 0 heteroatoms. The maximum atomic E-state index is 2.44. The first-order chi connectivity index (χ1) is 5.88. The molecule has 0 aromatic heterocycles. The third-order valence-electron chi connectivity index (χ3n) is 3.69. The van der Waals surface area contributed by atoms with Crippen molar-refractivity contribution in [2.75, 3.05) is 0 Å². The molecule has 0 saturated heterocycles. The van der Waals surface area contributed by atoms with Crippen molar-refractivity contribution >= 4 is 0 Å². The van der Waals surface area contributed by atoms with E-state index < -0.39 is 0 Å². The summed E-state index contributed by atoms with van der Waals surface area (Å²) < 4.78 is 0. The Morgan fingerprint density at radius 2 is 1.14 bits per heavy atom. The molecule has 0 aliphatic heterocycles. The normalized spacial score (nSPS) is 15.9. The van der Waals surface area contributed by atoms with Crippen LogP contribution in [0, 0.1) is 16.2 Å². The van der Waals surface area contributed by atoms with Gasteiger partial charge in [-0.15, -0.1) is 0 Å². The highest BCUT2D eigenvalue weighted by Gasteiger charge is 2.31. The molecule has 0 heterocycles. The zero-order chi connectivity index (χ0) is 11.8. The Bertz CT molecular complexity index is 215. The molecule has 0 unspecified atom stereocenters. The van der Waals surface area contributed by atoms with Crippen molar-refractivity contribution in [2.24, 2.45) is 16.2 Å². The van der Waals surface area contributed by atoms with Crippen LogP contribution in [0.3, 0.4) is 0 Å². The highest BCUT2D eigenvalue weighted by atomic mass is 14.4. The van der Waals surface area contributed by atoms with E-state index in [2.05, 4.69) is 68.4 Å². The van der Waals surface area contributed by atoms with Gasteiger partial charge in [-0.3, -0.25) is 0 Å². The van der Waals surface area contributed by atoms with Gasteiger partial charge in [-0.05, 0) is 23.2 Å². The zero-order valence-electron chi connectivity index (χ0n) is 11.6. The first-order valence-electron chi connectivity index (χ1n) is 5.58. The SMILES string of the molecule is C/C(=C\C(C)(C)C(C)(C)C)C(C)(C)C. The summed E-state index contributed by atoms with van der Waals surface area (Å²) in [7, 11) is 0. The Balaban J connectivity index is 5.00. The van der Waals surface area contributed by atoms with Crippen molar-refractivity contribution in [1.82, 2.24) is 0 Å². The molecule has 14 heavy (non-hydrogen) atoms. The molecule has 0 rings (SSSR count). The van der Waals surface area contributed by atoms with Crippen molar-refractivity contribution in [2.45, 2.75) is 62.3 Å². The van der Waals surface area contributed by atoms with Gasteiger partial charge in [0.15, 0.2) is 0 Å². The summed E-state index contributed by atoms with van der Waals surface area (Å²) in [5.41, 5.74) is 2.35. The Morgan fingerprint density at radius 1 is 0.786 bits per heavy atom. The van der Waals surface area contributed by atoms with Gasteiger partial charge in [0, 0.05) is 0 Å². The van der Waals surface area contributed by atoms with Crippen molar-refractivity contribution in [3.8, 4) is 0 Å². The smallest absolute Gasteiger partial charge is 0.0124 e. The number of hydrogen-bond acceptors (Lipinski definition) is 0. The lowest BCUT2D eigenvalue weighted by Gasteiger charge is -2.38. The van der Waals surface area contributed by atoms with E-state index in [1.165, 1.54) is 5.57 Å². The molecule has 0 nitrogen and oxygen atoms in total. The van der Waals surface area contributed by atoms with Gasteiger partial charge in [0.05, 0.1) is 0 Å². The Hall–Kier alpha value is -0.260. The minimum absolute atomic E-state index is 0.254. The van der Waals surface area contributed by atoms with Gasteiger partial charge in [-0.2, -0.15) is 0 Å². The zero-order valence-corrected chi connectivity index (χ0v) is 11.6. The molecule has 84 valence electrons. The van der Waals surface area contributed by atoms with Crippen LogP contribution in [-0.2, 0) is 0 Å². The van der Waals surface area contributed by atoms with Crippen molar-refractivity contribution in [3.05, 3.63) is 11.6 Å². The average molecular weight is 196 g/mol. The predicted octanol–water partition coefficient (Wildman–Crippen LogP) is 5.05. The minimum atomic E-state index is 0.254. The lowest BCUT2D eigenvalue weighted by molar-refractivity contribution is 0.189. The lowest BCUT2D eigenvalue weighted by atomic mass is 9.67. The van der Waals surface area contributed by atoms with Crippen LogP contribution in [0.4, 0.5) is 0 Å². The van der Waals surface area contributed by atoms with Crippen molar-refractivity contribution in [1.29, 1.82) is 0 Å². The summed E-state index contributed by atoms with van der Waals surface area (Å²) in [5, 5.41) is 0. The van der Waals surface area contributed by atoms with Crippen LogP contribution in [0.2, 0.25) is 0 Å². The maximum Gasteiger partial charge on any atom is -0.0124 e. The van der Waals surface area contributed by atoms with Gasteiger partial charge >= 0.3 is 0 Å².